The van der Waals surface area contributed by atoms with Gasteiger partial charge in [-0.05, 0) is 19.9 Å². The summed E-state index contributed by atoms with van der Waals surface area (Å²) in [6, 6.07) is 9.94. The van der Waals surface area contributed by atoms with Gasteiger partial charge >= 0.3 is 0 Å². The Morgan fingerprint density at radius 3 is 2.69 bits per heavy atom. The third kappa shape index (κ3) is 2.98. The van der Waals surface area contributed by atoms with E-state index in [0.717, 1.165) is 17.8 Å². The highest BCUT2D eigenvalue weighted by atomic mass is 16.3. The molecule has 0 amide bonds. The van der Waals surface area contributed by atoms with E-state index in [0.29, 0.717) is 13.0 Å². The summed E-state index contributed by atoms with van der Waals surface area (Å²) >= 11 is 0. The van der Waals surface area contributed by atoms with E-state index in [1.54, 1.807) is 6.92 Å². The summed E-state index contributed by atoms with van der Waals surface area (Å²) in [7, 11) is 0. The maximum absolute atomic E-state index is 9.68. The van der Waals surface area contributed by atoms with Crippen LogP contribution in [0.4, 0.5) is 5.69 Å². The SMILES string of the molecule is CCN(CCC#N)c1ccccc1[C@H](C)O. The summed E-state index contributed by atoms with van der Waals surface area (Å²) in [6.07, 6.45) is 0.0226. The number of rotatable bonds is 5. The van der Waals surface area contributed by atoms with Crippen LogP contribution in [0.1, 0.15) is 31.9 Å². The molecule has 0 heterocycles. The minimum absolute atomic E-state index is 0.479. The third-order valence-electron chi connectivity index (χ3n) is 2.60. The van der Waals surface area contributed by atoms with E-state index in [1.165, 1.54) is 0 Å². The highest BCUT2D eigenvalue weighted by Crippen LogP contribution is 2.25. The van der Waals surface area contributed by atoms with Crippen molar-refractivity contribution < 1.29 is 5.11 Å². The summed E-state index contributed by atoms with van der Waals surface area (Å²) in [5, 5.41) is 18.3. The first-order valence-corrected chi connectivity index (χ1v) is 5.59. The maximum Gasteiger partial charge on any atom is 0.0781 e. The molecule has 3 heteroatoms. The van der Waals surface area contributed by atoms with E-state index in [2.05, 4.69) is 17.9 Å². The van der Waals surface area contributed by atoms with Crippen LogP contribution in [0.2, 0.25) is 0 Å². The fourth-order valence-corrected chi connectivity index (χ4v) is 1.76. The number of benzene rings is 1. The van der Waals surface area contributed by atoms with Crippen LogP contribution in [0, 0.1) is 11.3 Å². The number of nitriles is 1. The van der Waals surface area contributed by atoms with E-state index in [1.807, 2.05) is 24.3 Å². The number of aliphatic hydroxyl groups excluding tert-OH is 1. The molecule has 0 radical (unpaired) electrons. The van der Waals surface area contributed by atoms with Gasteiger partial charge in [0.05, 0.1) is 18.6 Å². The van der Waals surface area contributed by atoms with Crippen LogP contribution in [0.3, 0.4) is 0 Å². The van der Waals surface area contributed by atoms with Crippen LogP contribution in [-0.4, -0.2) is 18.2 Å². The van der Waals surface area contributed by atoms with Gasteiger partial charge in [0, 0.05) is 24.3 Å². The Kier molecular flexibility index (Phi) is 4.81. The van der Waals surface area contributed by atoms with Crippen molar-refractivity contribution in [2.75, 3.05) is 18.0 Å². The molecule has 0 bridgehead atoms. The predicted octanol–water partition coefficient (Wildman–Crippen LogP) is 2.48. The quantitative estimate of drug-likeness (QED) is 0.826. The van der Waals surface area contributed by atoms with Crippen LogP contribution in [0.25, 0.3) is 0 Å². The molecule has 0 aliphatic heterocycles. The van der Waals surface area contributed by atoms with Gasteiger partial charge in [-0.2, -0.15) is 5.26 Å². The summed E-state index contributed by atoms with van der Waals surface area (Å²) in [5.74, 6) is 0. The molecule has 0 saturated heterocycles. The third-order valence-corrected chi connectivity index (χ3v) is 2.60. The monoisotopic (exact) mass is 218 g/mol. The van der Waals surface area contributed by atoms with Gasteiger partial charge in [0.2, 0.25) is 0 Å². The zero-order valence-corrected chi connectivity index (χ0v) is 9.85. The van der Waals surface area contributed by atoms with Gasteiger partial charge in [-0.15, -0.1) is 0 Å². The minimum atomic E-state index is -0.479. The maximum atomic E-state index is 9.68. The molecule has 16 heavy (non-hydrogen) atoms. The molecule has 0 aliphatic rings. The lowest BCUT2D eigenvalue weighted by Gasteiger charge is -2.25. The molecule has 0 aromatic heterocycles. The largest absolute Gasteiger partial charge is 0.389 e. The summed E-state index contributed by atoms with van der Waals surface area (Å²) < 4.78 is 0. The molecule has 0 spiro atoms. The van der Waals surface area contributed by atoms with Crippen molar-refractivity contribution in [3.8, 4) is 6.07 Å². The molecular weight excluding hydrogens is 200 g/mol. The average molecular weight is 218 g/mol. The van der Waals surface area contributed by atoms with E-state index >= 15 is 0 Å². The van der Waals surface area contributed by atoms with Crippen molar-refractivity contribution in [3.63, 3.8) is 0 Å². The van der Waals surface area contributed by atoms with Gasteiger partial charge < -0.3 is 10.0 Å². The Bertz CT molecular complexity index is 368. The van der Waals surface area contributed by atoms with Crippen molar-refractivity contribution in [2.45, 2.75) is 26.4 Å². The van der Waals surface area contributed by atoms with Crippen LogP contribution >= 0.6 is 0 Å². The Morgan fingerprint density at radius 2 is 2.12 bits per heavy atom. The second-order valence-corrected chi connectivity index (χ2v) is 3.72. The van der Waals surface area contributed by atoms with Gasteiger partial charge in [-0.1, -0.05) is 18.2 Å². The molecule has 1 aromatic carbocycles. The molecule has 1 aromatic rings. The highest BCUT2D eigenvalue weighted by molar-refractivity contribution is 5.54. The summed E-state index contributed by atoms with van der Waals surface area (Å²) in [5.41, 5.74) is 1.94. The number of nitrogens with zero attached hydrogens (tertiary/aromatic N) is 2. The first kappa shape index (κ1) is 12.5. The van der Waals surface area contributed by atoms with E-state index in [-0.39, 0.29) is 0 Å². The molecule has 86 valence electrons. The standard InChI is InChI=1S/C13H18N2O/c1-3-15(10-6-9-14)13-8-5-4-7-12(13)11(2)16/h4-5,7-8,11,16H,3,6,10H2,1-2H3/t11-/m0/s1. The zero-order valence-electron chi connectivity index (χ0n) is 9.85. The molecule has 0 saturated carbocycles. The van der Waals surface area contributed by atoms with Gasteiger partial charge in [-0.3, -0.25) is 0 Å². The Labute approximate surface area is 96.9 Å². The molecular formula is C13H18N2O. The molecule has 0 fully saturated rings. The molecule has 1 rings (SSSR count). The molecule has 1 atom stereocenters. The fourth-order valence-electron chi connectivity index (χ4n) is 1.76. The van der Waals surface area contributed by atoms with Crippen LogP contribution in [0.5, 0.6) is 0 Å². The normalized spacial score (nSPS) is 11.9. The lowest BCUT2D eigenvalue weighted by Crippen LogP contribution is -2.25. The number of hydrogen-bond donors (Lipinski definition) is 1. The lowest BCUT2D eigenvalue weighted by atomic mass is 10.1. The number of hydrogen-bond acceptors (Lipinski definition) is 3. The molecule has 1 N–H and O–H groups in total. The zero-order chi connectivity index (χ0) is 12.0. The first-order chi connectivity index (χ1) is 7.70. The number of para-hydroxylation sites is 1. The van der Waals surface area contributed by atoms with Gasteiger partial charge in [-0.25, -0.2) is 0 Å². The van der Waals surface area contributed by atoms with Crippen LogP contribution in [0.15, 0.2) is 24.3 Å². The fraction of sp³-hybridized carbons (Fsp3) is 0.462. The number of aliphatic hydroxyl groups is 1. The Balaban J connectivity index is 2.95. The highest BCUT2D eigenvalue weighted by Gasteiger charge is 2.11. The van der Waals surface area contributed by atoms with Crippen molar-refractivity contribution in [3.05, 3.63) is 29.8 Å². The topological polar surface area (TPSA) is 47.3 Å². The molecule has 3 nitrogen and oxygen atoms in total. The number of anilines is 1. The van der Waals surface area contributed by atoms with Crippen molar-refractivity contribution in [1.82, 2.24) is 0 Å². The minimum Gasteiger partial charge on any atom is -0.389 e. The summed E-state index contributed by atoms with van der Waals surface area (Å²) in [6.45, 7) is 5.36. The smallest absolute Gasteiger partial charge is 0.0781 e. The van der Waals surface area contributed by atoms with Crippen LogP contribution < -0.4 is 4.90 Å². The van der Waals surface area contributed by atoms with E-state index in [9.17, 15) is 5.11 Å². The van der Waals surface area contributed by atoms with Crippen LogP contribution in [-0.2, 0) is 0 Å². The Morgan fingerprint density at radius 1 is 1.44 bits per heavy atom. The molecule has 0 unspecified atom stereocenters. The molecule has 0 aliphatic carbocycles. The predicted molar refractivity (Wildman–Crippen MR) is 65.2 cm³/mol. The average Bonchev–Trinajstić information content (AvgIpc) is 2.30. The van der Waals surface area contributed by atoms with Gasteiger partial charge in [0.1, 0.15) is 0 Å². The van der Waals surface area contributed by atoms with Crippen molar-refractivity contribution in [2.24, 2.45) is 0 Å². The van der Waals surface area contributed by atoms with Gasteiger partial charge in [0.25, 0.3) is 0 Å². The second kappa shape index (κ2) is 6.14. The summed E-state index contributed by atoms with van der Waals surface area (Å²) in [4.78, 5) is 2.12. The first-order valence-electron chi connectivity index (χ1n) is 5.59. The lowest BCUT2D eigenvalue weighted by molar-refractivity contribution is 0.199. The van der Waals surface area contributed by atoms with Crippen molar-refractivity contribution >= 4 is 5.69 Å². The van der Waals surface area contributed by atoms with Gasteiger partial charge in [0.15, 0.2) is 0 Å². The Hall–Kier alpha value is -1.53. The van der Waals surface area contributed by atoms with E-state index in [4.69, 9.17) is 5.26 Å². The van der Waals surface area contributed by atoms with Crippen molar-refractivity contribution in [1.29, 1.82) is 5.26 Å². The second-order valence-electron chi connectivity index (χ2n) is 3.72. The van der Waals surface area contributed by atoms with E-state index < -0.39 is 6.10 Å².